The third-order valence-electron chi connectivity index (χ3n) is 4.02. The first-order valence-corrected chi connectivity index (χ1v) is 7.40. The minimum absolute atomic E-state index is 0.697. The molecular weight excluding hydrogens is 220 g/mol. The van der Waals surface area contributed by atoms with Crippen LogP contribution in [0.2, 0.25) is 0 Å². The molecule has 100 valence electrons. The van der Waals surface area contributed by atoms with Crippen LogP contribution in [0, 0.1) is 0 Å². The van der Waals surface area contributed by atoms with Crippen molar-refractivity contribution in [3.05, 3.63) is 29.8 Å². The van der Waals surface area contributed by atoms with Crippen molar-refractivity contribution in [3.63, 3.8) is 0 Å². The van der Waals surface area contributed by atoms with E-state index in [0.717, 1.165) is 19.6 Å². The Kier molecular flexibility index (Phi) is 5.06. The SMILES string of the molecule is CCN(CC)Cc1ccccc1NC1CCCC1. The van der Waals surface area contributed by atoms with Gasteiger partial charge in [0.1, 0.15) is 0 Å². The lowest BCUT2D eigenvalue weighted by Gasteiger charge is -2.22. The summed E-state index contributed by atoms with van der Waals surface area (Å²) in [6.07, 6.45) is 5.44. The van der Waals surface area contributed by atoms with E-state index in [2.05, 4.69) is 48.3 Å². The van der Waals surface area contributed by atoms with E-state index >= 15 is 0 Å². The van der Waals surface area contributed by atoms with Crippen LogP contribution in [0.15, 0.2) is 24.3 Å². The molecule has 1 aromatic rings. The monoisotopic (exact) mass is 246 g/mol. The number of rotatable bonds is 6. The second-order valence-corrected chi connectivity index (χ2v) is 5.24. The molecular formula is C16H26N2. The maximum absolute atomic E-state index is 3.74. The van der Waals surface area contributed by atoms with Gasteiger partial charge in [0.05, 0.1) is 0 Å². The molecule has 1 N–H and O–H groups in total. The van der Waals surface area contributed by atoms with Gasteiger partial charge in [-0.15, -0.1) is 0 Å². The average Bonchev–Trinajstić information content (AvgIpc) is 2.90. The molecule has 0 amide bonds. The third kappa shape index (κ3) is 3.49. The van der Waals surface area contributed by atoms with E-state index in [1.807, 2.05) is 0 Å². The highest BCUT2D eigenvalue weighted by Crippen LogP contribution is 2.25. The fraction of sp³-hybridized carbons (Fsp3) is 0.625. The van der Waals surface area contributed by atoms with E-state index < -0.39 is 0 Å². The molecule has 1 aliphatic carbocycles. The summed E-state index contributed by atoms with van der Waals surface area (Å²) < 4.78 is 0. The molecule has 2 heteroatoms. The third-order valence-corrected chi connectivity index (χ3v) is 4.02. The first kappa shape index (κ1) is 13.4. The summed E-state index contributed by atoms with van der Waals surface area (Å²) in [5.74, 6) is 0. The van der Waals surface area contributed by atoms with E-state index in [-0.39, 0.29) is 0 Å². The zero-order valence-electron chi connectivity index (χ0n) is 11.8. The Morgan fingerprint density at radius 2 is 1.78 bits per heavy atom. The lowest BCUT2D eigenvalue weighted by molar-refractivity contribution is 0.296. The molecule has 1 aliphatic rings. The number of nitrogens with zero attached hydrogens (tertiary/aromatic N) is 1. The first-order valence-electron chi connectivity index (χ1n) is 7.40. The standard InChI is InChI=1S/C16H26N2/c1-3-18(4-2)13-14-9-5-8-12-16(14)17-15-10-6-7-11-15/h5,8-9,12,15,17H,3-4,6-7,10-11,13H2,1-2H3. The van der Waals surface area contributed by atoms with E-state index in [1.165, 1.54) is 36.9 Å². The largest absolute Gasteiger partial charge is 0.382 e. The van der Waals surface area contributed by atoms with Crippen LogP contribution in [0.1, 0.15) is 45.1 Å². The summed E-state index contributed by atoms with van der Waals surface area (Å²) in [5.41, 5.74) is 2.78. The van der Waals surface area contributed by atoms with Crippen molar-refractivity contribution in [2.45, 2.75) is 52.1 Å². The summed E-state index contributed by atoms with van der Waals surface area (Å²) in [6.45, 7) is 7.76. The van der Waals surface area contributed by atoms with Gasteiger partial charge in [0.25, 0.3) is 0 Å². The van der Waals surface area contributed by atoms with Gasteiger partial charge in [-0.3, -0.25) is 4.90 Å². The van der Waals surface area contributed by atoms with E-state index in [0.29, 0.717) is 6.04 Å². The van der Waals surface area contributed by atoms with Gasteiger partial charge in [-0.05, 0) is 37.6 Å². The molecule has 0 unspecified atom stereocenters. The summed E-state index contributed by atoms with van der Waals surface area (Å²) >= 11 is 0. The molecule has 1 saturated carbocycles. The topological polar surface area (TPSA) is 15.3 Å². The molecule has 2 nitrogen and oxygen atoms in total. The Bertz CT molecular complexity index is 329. The highest BCUT2D eigenvalue weighted by atomic mass is 15.1. The molecule has 0 aliphatic heterocycles. The summed E-state index contributed by atoms with van der Waals surface area (Å²) in [4.78, 5) is 2.47. The van der Waals surface area contributed by atoms with Gasteiger partial charge in [-0.25, -0.2) is 0 Å². The molecule has 0 aromatic heterocycles. The van der Waals surface area contributed by atoms with Crippen LogP contribution in [-0.2, 0) is 6.54 Å². The molecule has 0 radical (unpaired) electrons. The van der Waals surface area contributed by atoms with Gasteiger partial charge in [0.15, 0.2) is 0 Å². The van der Waals surface area contributed by atoms with Gasteiger partial charge in [-0.1, -0.05) is 44.9 Å². The number of nitrogens with one attached hydrogen (secondary N) is 1. The van der Waals surface area contributed by atoms with E-state index in [9.17, 15) is 0 Å². The van der Waals surface area contributed by atoms with Gasteiger partial charge in [-0.2, -0.15) is 0 Å². The Labute approximate surface area is 111 Å². The highest BCUT2D eigenvalue weighted by molar-refractivity contribution is 5.51. The van der Waals surface area contributed by atoms with Crippen molar-refractivity contribution < 1.29 is 0 Å². The molecule has 0 bridgehead atoms. The van der Waals surface area contributed by atoms with Crippen LogP contribution in [0.3, 0.4) is 0 Å². The Morgan fingerprint density at radius 3 is 2.44 bits per heavy atom. The number of para-hydroxylation sites is 1. The van der Waals surface area contributed by atoms with Gasteiger partial charge in [0.2, 0.25) is 0 Å². The Morgan fingerprint density at radius 1 is 1.11 bits per heavy atom. The van der Waals surface area contributed by atoms with Crippen LogP contribution in [0.4, 0.5) is 5.69 Å². The van der Waals surface area contributed by atoms with E-state index in [1.54, 1.807) is 0 Å². The quantitative estimate of drug-likeness (QED) is 0.819. The molecule has 18 heavy (non-hydrogen) atoms. The van der Waals surface area contributed by atoms with Crippen LogP contribution in [0.5, 0.6) is 0 Å². The van der Waals surface area contributed by atoms with Gasteiger partial charge < -0.3 is 5.32 Å². The fourth-order valence-corrected chi connectivity index (χ4v) is 2.78. The zero-order valence-corrected chi connectivity index (χ0v) is 11.8. The molecule has 1 aromatic carbocycles. The van der Waals surface area contributed by atoms with Crippen molar-refractivity contribution in [3.8, 4) is 0 Å². The minimum atomic E-state index is 0.697. The van der Waals surface area contributed by atoms with Crippen molar-refractivity contribution in [1.82, 2.24) is 4.90 Å². The molecule has 2 rings (SSSR count). The van der Waals surface area contributed by atoms with E-state index in [4.69, 9.17) is 0 Å². The predicted octanol–water partition coefficient (Wildman–Crippen LogP) is 3.88. The smallest absolute Gasteiger partial charge is 0.0388 e. The van der Waals surface area contributed by atoms with Crippen molar-refractivity contribution in [2.24, 2.45) is 0 Å². The molecule has 0 heterocycles. The minimum Gasteiger partial charge on any atom is -0.382 e. The summed E-state index contributed by atoms with van der Waals surface area (Å²) in [7, 11) is 0. The second-order valence-electron chi connectivity index (χ2n) is 5.24. The maximum atomic E-state index is 3.74. The number of hydrogen-bond donors (Lipinski definition) is 1. The molecule has 0 spiro atoms. The first-order chi connectivity index (χ1) is 8.83. The number of hydrogen-bond acceptors (Lipinski definition) is 2. The van der Waals surface area contributed by atoms with Crippen LogP contribution in [-0.4, -0.2) is 24.0 Å². The lowest BCUT2D eigenvalue weighted by Crippen LogP contribution is -2.23. The fourth-order valence-electron chi connectivity index (χ4n) is 2.78. The van der Waals surface area contributed by atoms with Gasteiger partial charge in [0, 0.05) is 18.3 Å². The number of anilines is 1. The molecule has 0 atom stereocenters. The maximum Gasteiger partial charge on any atom is 0.0388 e. The highest BCUT2D eigenvalue weighted by Gasteiger charge is 2.16. The average molecular weight is 246 g/mol. The normalized spacial score (nSPS) is 16.4. The predicted molar refractivity (Wildman–Crippen MR) is 78.9 cm³/mol. The van der Waals surface area contributed by atoms with Crippen molar-refractivity contribution in [2.75, 3.05) is 18.4 Å². The van der Waals surface area contributed by atoms with Crippen LogP contribution < -0.4 is 5.32 Å². The summed E-state index contributed by atoms with van der Waals surface area (Å²) in [6, 6.07) is 9.48. The second kappa shape index (κ2) is 6.79. The molecule has 0 saturated heterocycles. The van der Waals surface area contributed by atoms with Gasteiger partial charge >= 0.3 is 0 Å². The van der Waals surface area contributed by atoms with Crippen LogP contribution in [0.25, 0.3) is 0 Å². The van der Waals surface area contributed by atoms with Crippen molar-refractivity contribution >= 4 is 5.69 Å². The lowest BCUT2D eigenvalue weighted by atomic mass is 10.1. The molecule has 1 fully saturated rings. The summed E-state index contributed by atoms with van der Waals surface area (Å²) in [5, 5.41) is 3.74. The zero-order chi connectivity index (χ0) is 12.8. The Hall–Kier alpha value is -1.02. The Balaban J connectivity index is 2.04. The number of benzene rings is 1. The van der Waals surface area contributed by atoms with Crippen molar-refractivity contribution in [1.29, 1.82) is 0 Å². The van der Waals surface area contributed by atoms with Crippen LogP contribution >= 0.6 is 0 Å².